The van der Waals surface area contributed by atoms with E-state index >= 15 is 0 Å². The number of carbonyl (C=O) groups excluding carboxylic acids is 1. The van der Waals surface area contributed by atoms with E-state index in [0.717, 1.165) is 25.2 Å². The minimum atomic E-state index is -3.67. The number of piperazine rings is 1. The van der Waals surface area contributed by atoms with E-state index in [-0.39, 0.29) is 10.8 Å². The number of carbonyl (C=O) groups is 1. The third kappa shape index (κ3) is 4.54. The summed E-state index contributed by atoms with van der Waals surface area (Å²) in [5.41, 5.74) is 2.78. The van der Waals surface area contributed by atoms with Gasteiger partial charge in [0, 0.05) is 31.7 Å². The molecule has 1 fully saturated rings. The van der Waals surface area contributed by atoms with Gasteiger partial charge >= 0.3 is 0 Å². The first-order valence-corrected chi connectivity index (χ1v) is 11.0. The Labute approximate surface area is 167 Å². The van der Waals surface area contributed by atoms with Gasteiger partial charge in [0.1, 0.15) is 0 Å². The average molecular weight is 402 g/mol. The van der Waals surface area contributed by atoms with Gasteiger partial charge in [0.25, 0.3) is 15.9 Å². The Balaban J connectivity index is 1.73. The Morgan fingerprint density at radius 1 is 1.00 bits per heavy atom. The third-order valence-electron chi connectivity index (χ3n) is 5.16. The van der Waals surface area contributed by atoms with Crippen molar-refractivity contribution in [2.24, 2.45) is 0 Å². The summed E-state index contributed by atoms with van der Waals surface area (Å²) in [6.45, 7) is 10.0. The second-order valence-corrected chi connectivity index (χ2v) is 8.86. The van der Waals surface area contributed by atoms with Crippen molar-refractivity contribution in [1.82, 2.24) is 9.80 Å². The van der Waals surface area contributed by atoms with Gasteiger partial charge < -0.3 is 9.80 Å². The van der Waals surface area contributed by atoms with Crippen molar-refractivity contribution in [2.75, 3.05) is 37.4 Å². The van der Waals surface area contributed by atoms with Crippen LogP contribution in [0.3, 0.4) is 0 Å². The normalized spacial score (nSPS) is 15.5. The molecule has 0 aromatic heterocycles. The summed E-state index contributed by atoms with van der Waals surface area (Å²) in [7, 11) is -3.67. The van der Waals surface area contributed by atoms with Crippen LogP contribution in [-0.2, 0) is 10.0 Å². The van der Waals surface area contributed by atoms with E-state index < -0.39 is 10.0 Å². The Morgan fingerprint density at radius 2 is 1.64 bits per heavy atom. The van der Waals surface area contributed by atoms with E-state index in [0.29, 0.717) is 29.9 Å². The number of hydrogen-bond donors (Lipinski definition) is 1. The lowest BCUT2D eigenvalue weighted by Crippen LogP contribution is -2.48. The lowest BCUT2D eigenvalue weighted by Gasteiger charge is -2.34. The molecule has 0 saturated carbocycles. The highest BCUT2D eigenvalue weighted by Gasteiger charge is 2.22. The molecule has 1 N–H and O–H groups in total. The molecule has 6 nitrogen and oxygen atoms in total. The van der Waals surface area contributed by atoms with Crippen LogP contribution in [-0.4, -0.2) is 56.8 Å². The molecule has 1 saturated heterocycles. The Bertz CT molecular complexity index is 947. The predicted octanol–water partition coefficient (Wildman–Crippen LogP) is 2.88. The number of aryl methyl sites for hydroxylation is 2. The van der Waals surface area contributed by atoms with E-state index in [9.17, 15) is 13.2 Å². The highest BCUT2D eigenvalue weighted by Crippen LogP contribution is 2.22. The standard InChI is InChI=1S/C21H27N3O3S/c1-4-23-11-13-24(14-12-23)21(25)18-7-10-20(17(3)15-18)22-28(26,27)19-8-5-16(2)6-9-19/h5-10,15,22H,4,11-14H2,1-3H3. The topological polar surface area (TPSA) is 69.7 Å². The largest absolute Gasteiger partial charge is 0.336 e. The molecule has 1 aliphatic heterocycles. The van der Waals surface area contributed by atoms with Gasteiger partial charge in [-0.2, -0.15) is 0 Å². The smallest absolute Gasteiger partial charge is 0.261 e. The lowest BCUT2D eigenvalue weighted by atomic mass is 10.1. The van der Waals surface area contributed by atoms with E-state index in [4.69, 9.17) is 0 Å². The first kappa shape index (κ1) is 20.4. The zero-order chi connectivity index (χ0) is 20.3. The van der Waals surface area contributed by atoms with E-state index in [2.05, 4.69) is 16.5 Å². The summed E-state index contributed by atoms with van der Waals surface area (Å²) in [6, 6.07) is 11.8. The van der Waals surface area contributed by atoms with Crippen LogP contribution < -0.4 is 4.72 Å². The fraction of sp³-hybridized carbons (Fsp3) is 0.381. The van der Waals surface area contributed by atoms with Gasteiger partial charge in [-0.1, -0.05) is 24.6 Å². The molecule has 1 heterocycles. The number of benzene rings is 2. The quantitative estimate of drug-likeness (QED) is 0.836. The SMILES string of the molecule is CCN1CCN(C(=O)c2ccc(NS(=O)(=O)c3ccc(C)cc3)c(C)c2)CC1. The molecule has 150 valence electrons. The molecule has 1 aliphatic rings. The van der Waals surface area contributed by atoms with Crippen LogP contribution in [0.4, 0.5) is 5.69 Å². The second-order valence-electron chi connectivity index (χ2n) is 7.17. The summed E-state index contributed by atoms with van der Waals surface area (Å²) in [5, 5.41) is 0. The van der Waals surface area contributed by atoms with Crippen molar-refractivity contribution in [3.8, 4) is 0 Å². The maximum atomic E-state index is 12.8. The van der Waals surface area contributed by atoms with Crippen LogP contribution in [0, 0.1) is 13.8 Å². The number of anilines is 1. The molecular formula is C21H27N3O3S. The molecule has 7 heteroatoms. The fourth-order valence-electron chi connectivity index (χ4n) is 3.28. The van der Waals surface area contributed by atoms with Gasteiger partial charge in [0.2, 0.25) is 0 Å². The predicted molar refractivity (Wildman–Crippen MR) is 111 cm³/mol. The van der Waals surface area contributed by atoms with E-state index in [1.807, 2.05) is 11.8 Å². The maximum absolute atomic E-state index is 12.8. The van der Waals surface area contributed by atoms with Crippen LogP contribution in [0.25, 0.3) is 0 Å². The molecule has 28 heavy (non-hydrogen) atoms. The minimum absolute atomic E-state index is 0.00760. The maximum Gasteiger partial charge on any atom is 0.261 e. The first-order valence-electron chi connectivity index (χ1n) is 9.52. The summed E-state index contributed by atoms with van der Waals surface area (Å²) in [5.74, 6) is -0.00760. The van der Waals surface area contributed by atoms with Crippen LogP contribution >= 0.6 is 0 Å². The van der Waals surface area contributed by atoms with Crippen LogP contribution in [0.1, 0.15) is 28.4 Å². The number of sulfonamides is 1. The minimum Gasteiger partial charge on any atom is -0.336 e. The van der Waals surface area contributed by atoms with Gasteiger partial charge in [0.15, 0.2) is 0 Å². The molecule has 2 aromatic carbocycles. The van der Waals surface area contributed by atoms with Gasteiger partial charge in [-0.15, -0.1) is 0 Å². The van der Waals surface area contributed by atoms with Gasteiger partial charge in [-0.05, 0) is 56.3 Å². The summed E-state index contributed by atoms with van der Waals surface area (Å²) in [6.07, 6.45) is 0. The second kappa shape index (κ2) is 8.32. The van der Waals surface area contributed by atoms with Crippen molar-refractivity contribution in [3.63, 3.8) is 0 Å². The number of hydrogen-bond acceptors (Lipinski definition) is 4. The van der Waals surface area contributed by atoms with Crippen molar-refractivity contribution < 1.29 is 13.2 Å². The molecular weight excluding hydrogens is 374 g/mol. The van der Waals surface area contributed by atoms with Crippen molar-refractivity contribution in [3.05, 3.63) is 59.2 Å². The molecule has 0 bridgehead atoms. The molecule has 0 aliphatic carbocycles. The monoisotopic (exact) mass is 401 g/mol. The van der Waals surface area contributed by atoms with Crippen molar-refractivity contribution in [1.29, 1.82) is 0 Å². The fourth-order valence-corrected chi connectivity index (χ4v) is 4.41. The number of nitrogens with zero attached hydrogens (tertiary/aromatic N) is 2. The average Bonchev–Trinajstić information content (AvgIpc) is 2.69. The van der Waals surface area contributed by atoms with Gasteiger partial charge in [-0.25, -0.2) is 8.42 Å². The number of amides is 1. The molecule has 0 spiro atoms. The number of likely N-dealkylation sites (N-methyl/N-ethyl adjacent to an activating group) is 1. The van der Waals surface area contributed by atoms with E-state index in [1.54, 1.807) is 49.4 Å². The van der Waals surface area contributed by atoms with E-state index in [1.165, 1.54) is 0 Å². The summed E-state index contributed by atoms with van der Waals surface area (Å²) in [4.78, 5) is 17.2. The number of rotatable bonds is 5. The molecule has 3 rings (SSSR count). The van der Waals surface area contributed by atoms with Crippen LogP contribution in [0.15, 0.2) is 47.4 Å². The Morgan fingerprint density at radius 3 is 2.21 bits per heavy atom. The molecule has 0 unspecified atom stereocenters. The van der Waals surface area contributed by atoms with Gasteiger partial charge in [-0.3, -0.25) is 9.52 Å². The third-order valence-corrected chi connectivity index (χ3v) is 6.54. The Kier molecular flexibility index (Phi) is 6.05. The lowest BCUT2D eigenvalue weighted by molar-refractivity contribution is 0.0643. The molecule has 0 atom stereocenters. The van der Waals surface area contributed by atoms with Crippen LogP contribution in [0.2, 0.25) is 0 Å². The highest BCUT2D eigenvalue weighted by molar-refractivity contribution is 7.92. The van der Waals surface area contributed by atoms with Gasteiger partial charge in [0.05, 0.1) is 10.6 Å². The van der Waals surface area contributed by atoms with Crippen molar-refractivity contribution in [2.45, 2.75) is 25.7 Å². The molecule has 1 amide bonds. The highest BCUT2D eigenvalue weighted by atomic mass is 32.2. The zero-order valence-corrected chi connectivity index (χ0v) is 17.4. The zero-order valence-electron chi connectivity index (χ0n) is 16.6. The van der Waals surface area contributed by atoms with Crippen molar-refractivity contribution >= 4 is 21.6 Å². The Hall–Kier alpha value is -2.38. The summed E-state index contributed by atoms with van der Waals surface area (Å²) >= 11 is 0. The molecule has 0 radical (unpaired) electrons. The number of nitrogens with one attached hydrogen (secondary N) is 1. The first-order chi connectivity index (χ1) is 13.3. The molecule has 2 aromatic rings. The van der Waals surface area contributed by atoms with Crippen LogP contribution in [0.5, 0.6) is 0 Å². The summed E-state index contributed by atoms with van der Waals surface area (Å²) < 4.78 is 27.8.